The van der Waals surface area contributed by atoms with E-state index in [2.05, 4.69) is 20.9 Å². The maximum absolute atomic E-state index is 11.9. The van der Waals surface area contributed by atoms with Gasteiger partial charge in [-0.2, -0.15) is 4.99 Å². The number of nitrogens with zero attached hydrogens (tertiary/aromatic N) is 2. The molecular formula is C12H8BrN3O3. The van der Waals surface area contributed by atoms with Gasteiger partial charge < -0.3 is 9.25 Å². The number of rotatable bonds is 1. The minimum atomic E-state index is -0.488. The molecule has 0 spiro atoms. The van der Waals surface area contributed by atoms with E-state index in [4.69, 9.17) is 14.7 Å². The normalized spacial score (nSPS) is 20.3. The summed E-state index contributed by atoms with van der Waals surface area (Å²) in [6.07, 6.45) is 3.07. The zero-order chi connectivity index (χ0) is 13.6. The van der Waals surface area contributed by atoms with E-state index < -0.39 is 5.91 Å². The first-order chi connectivity index (χ1) is 9.04. The standard InChI is InChI=1S/C12H8BrN3O3/c1-6-4-10-15-12(17)8(11(14)16(10)19-6)5-7-2-3-9(13)18-7/h2-5,14H,1H3/b8-5-,14-11?. The average Bonchev–Trinajstić information content (AvgIpc) is 2.90. The first kappa shape index (κ1) is 11.9. The van der Waals surface area contributed by atoms with Crippen LogP contribution in [0, 0.1) is 5.41 Å². The molecule has 2 aliphatic heterocycles. The molecule has 1 aromatic heterocycles. The fourth-order valence-corrected chi connectivity index (χ4v) is 2.07. The predicted octanol–water partition coefficient (Wildman–Crippen LogP) is 2.49. The summed E-state index contributed by atoms with van der Waals surface area (Å²) in [5.74, 6) is 0.819. The average molecular weight is 322 g/mol. The number of amidine groups is 2. The Hall–Kier alpha value is -2.15. The molecule has 0 atom stereocenters. The van der Waals surface area contributed by atoms with Gasteiger partial charge in [-0.25, -0.2) is 0 Å². The molecular weight excluding hydrogens is 314 g/mol. The largest absolute Gasteiger partial charge is 0.450 e. The Kier molecular flexibility index (Phi) is 2.63. The number of amides is 1. The van der Waals surface area contributed by atoms with Crippen LogP contribution in [0.5, 0.6) is 0 Å². The number of furan rings is 1. The van der Waals surface area contributed by atoms with E-state index in [9.17, 15) is 4.79 Å². The number of carbonyl (C=O) groups is 1. The van der Waals surface area contributed by atoms with Gasteiger partial charge >= 0.3 is 0 Å². The quantitative estimate of drug-likeness (QED) is 0.806. The number of allylic oxidation sites excluding steroid dienone is 1. The molecule has 0 bridgehead atoms. The number of fused-ring (bicyclic) bond motifs is 1. The predicted molar refractivity (Wildman–Crippen MR) is 71.2 cm³/mol. The Morgan fingerprint density at radius 2 is 2.26 bits per heavy atom. The maximum atomic E-state index is 11.9. The van der Waals surface area contributed by atoms with Crippen molar-refractivity contribution in [2.45, 2.75) is 6.92 Å². The summed E-state index contributed by atoms with van der Waals surface area (Å²) < 4.78 is 5.84. The maximum Gasteiger partial charge on any atom is 0.283 e. The lowest BCUT2D eigenvalue weighted by Gasteiger charge is -2.22. The summed E-state index contributed by atoms with van der Waals surface area (Å²) in [5.41, 5.74) is 0.119. The van der Waals surface area contributed by atoms with Crippen LogP contribution in [0.15, 0.2) is 43.6 Å². The van der Waals surface area contributed by atoms with Crippen LogP contribution in [0.3, 0.4) is 0 Å². The first-order valence-electron chi connectivity index (χ1n) is 5.40. The van der Waals surface area contributed by atoms with Gasteiger partial charge in [-0.1, -0.05) is 0 Å². The smallest absolute Gasteiger partial charge is 0.283 e. The molecule has 0 saturated heterocycles. The summed E-state index contributed by atoms with van der Waals surface area (Å²) in [4.78, 5) is 21.1. The van der Waals surface area contributed by atoms with Crippen molar-refractivity contribution in [3.05, 3.63) is 40.0 Å². The highest BCUT2D eigenvalue weighted by Crippen LogP contribution is 2.24. The summed E-state index contributed by atoms with van der Waals surface area (Å²) in [5, 5.41) is 9.20. The SMILES string of the molecule is CC1=CC2=NC(=O)/C(=C\c3ccc(Br)o3)C(=N)N2O1. The fourth-order valence-electron chi connectivity index (χ4n) is 1.75. The van der Waals surface area contributed by atoms with Gasteiger partial charge in [-0.15, -0.1) is 5.06 Å². The molecule has 6 nitrogen and oxygen atoms in total. The van der Waals surface area contributed by atoms with Crippen molar-refractivity contribution in [1.29, 1.82) is 5.41 Å². The van der Waals surface area contributed by atoms with Gasteiger partial charge in [-0.05, 0) is 41.1 Å². The molecule has 3 rings (SSSR count). The van der Waals surface area contributed by atoms with Crippen LogP contribution in [0.4, 0.5) is 0 Å². The molecule has 0 aromatic carbocycles. The number of carbonyl (C=O) groups excluding carboxylic acids is 1. The summed E-state index contributed by atoms with van der Waals surface area (Å²) in [7, 11) is 0. The van der Waals surface area contributed by atoms with E-state index >= 15 is 0 Å². The third-order valence-electron chi connectivity index (χ3n) is 2.56. The molecule has 1 amide bonds. The van der Waals surface area contributed by atoms with Crippen LogP contribution in [0.2, 0.25) is 0 Å². The van der Waals surface area contributed by atoms with Gasteiger partial charge in [0.25, 0.3) is 5.91 Å². The number of hydrogen-bond donors (Lipinski definition) is 1. The van der Waals surface area contributed by atoms with E-state index in [0.29, 0.717) is 22.0 Å². The third kappa shape index (κ3) is 2.01. The molecule has 2 aliphatic rings. The highest BCUT2D eigenvalue weighted by molar-refractivity contribution is 9.10. The topological polar surface area (TPSA) is 78.9 Å². The monoisotopic (exact) mass is 321 g/mol. The van der Waals surface area contributed by atoms with Gasteiger partial charge in [0.2, 0.25) is 0 Å². The van der Waals surface area contributed by atoms with E-state index in [1.54, 1.807) is 25.1 Å². The first-order valence-corrected chi connectivity index (χ1v) is 6.19. The second kappa shape index (κ2) is 4.20. The lowest BCUT2D eigenvalue weighted by Crippen LogP contribution is -2.38. The Balaban J connectivity index is 2.00. The minimum absolute atomic E-state index is 0.0596. The lowest BCUT2D eigenvalue weighted by atomic mass is 10.1. The molecule has 3 heterocycles. The molecule has 0 unspecified atom stereocenters. The molecule has 0 saturated carbocycles. The lowest BCUT2D eigenvalue weighted by molar-refractivity contribution is -0.114. The van der Waals surface area contributed by atoms with Crippen molar-refractivity contribution in [3.63, 3.8) is 0 Å². The highest BCUT2D eigenvalue weighted by Gasteiger charge is 2.34. The van der Waals surface area contributed by atoms with Crippen molar-refractivity contribution in [2.75, 3.05) is 0 Å². The van der Waals surface area contributed by atoms with Crippen LogP contribution in [0.25, 0.3) is 6.08 Å². The fraction of sp³-hybridized carbons (Fsp3) is 0.0833. The Morgan fingerprint density at radius 3 is 2.95 bits per heavy atom. The van der Waals surface area contributed by atoms with Crippen LogP contribution in [-0.2, 0) is 9.63 Å². The molecule has 96 valence electrons. The molecule has 0 aliphatic carbocycles. The highest BCUT2D eigenvalue weighted by atomic mass is 79.9. The van der Waals surface area contributed by atoms with Crippen molar-refractivity contribution in [3.8, 4) is 0 Å². The van der Waals surface area contributed by atoms with E-state index in [0.717, 1.165) is 0 Å². The summed E-state index contributed by atoms with van der Waals surface area (Å²) in [6, 6.07) is 3.39. The second-order valence-electron chi connectivity index (χ2n) is 3.96. The van der Waals surface area contributed by atoms with Crippen LogP contribution < -0.4 is 0 Å². The zero-order valence-electron chi connectivity index (χ0n) is 9.81. The van der Waals surface area contributed by atoms with Gasteiger partial charge in [-0.3, -0.25) is 10.2 Å². The van der Waals surface area contributed by atoms with Gasteiger partial charge in [0, 0.05) is 6.08 Å². The molecule has 1 aromatic rings. The van der Waals surface area contributed by atoms with Crippen LogP contribution >= 0.6 is 15.9 Å². The zero-order valence-corrected chi connectivity index (χ0v) is 11.4. The van der Waals surface area contributed by atoms with Crippen molar-refractivity contribution in [1.82, 2.24) is 5.06 Å². The number of nitrogens with one attached hydrogen (secondary N) is 1. The Labute approximate surface area is 116 Å². The van der Waals surface area contributed by atoms with E-state index in [1.165, 1.54) is 11.1 Å². The summed E-state index contributed by atoms with van der Waals surface area (Å²) >= 11 is 3.17. The van der Waals surface area contributed by atoms with Gasteiger partial charge in [0.1, 0.15) is 11.5 Å². The molecule has 0 fully saturated rings. The molecule has 1 N–H and O–H groups in total. The minimum Gasteiger partial charge on any atom is -0.450 e. The number of hydrogen-bond acceptors (Lipinski definition) is 4. The summed E-state index contributed by atoms with van der Waals surface area (Å²) in [6.45, 7) is 1.73. The molecule has 19 heavy (non-hydrogen) atoms. The number of hydroxylamine groups is 2. The van der Waals surface area contributed by atoms with E-state index in [1.807, 2.05) is 0 Å². The van der Waals surface area contributed by atoms with Crippen molar-refractivity contribution >= 4 is 39.6 Å². The van der Waals surface area contributed by atoms with Gasteiger partial charge in [0.15, 0.2) is 16.3 Å². The third-order valence-corrected chi connectivity index (χ3v) is 2.99. The van der Waals surface area contributed by atoms with Crippen molar-refractivity contribution < 1.29 is 14.0 Å². The van der Waals surface area contributed by atoms with E-state index in [-0.39, 0.29) is 11.4 Å². The number of halogens is 1. The van der Waals surface area contributed by atoms with Gasteiger partial charge in [0.05, 0.1) is 5.57 Å². The van der Waals surface area contributed by atoms with Crippen LogP contribution in [-0.4, -0.2) is 22.6 Å². The Bertz CT molecular complexity index is 684. The Morgan fingerprint density at radius 1 is 1.47 bits per heavy atom. The molecule has 7 heteroatoms. The molecule has 0 radical (unpaired) electrons. The second-order valence-corrected chi connectivity index (χ2v) is 4.75. The number of aliphatic imine (C=N–C) groups is 1. The van der Waals surface area contributed by atoms with Crippen molar-refractivity contribution in [2.24, 2.45) is 4.99 Å². The van der Waals surface area contributed by atoms with Crippen LogP contribution in [0.1, 0.15) is 12.7 Å².